The smallest absolute Gasteiger partial charge is 0.327 e. The van der Waals surface area contributed by atoms with Crippen molar-refractivity contribution in [2.75, 3.05) is 13.2 Å². The minimum absolute atomic E-state index is 0.0698. The van der Waals surface area contributed by atoms with Crippen molar-refractivity contribution in [3.63, 3.8) is 0 Å². The highest BCUT2D eigenvalue weighted by atomic mass is 19.1. The highest BCUT2D eigenvalue weighted by Crippen LogP contribution is 2.39. The zero-order valence-corrected chi connectivity index (χ0v) is 14.7. The van der Waals surface area contributed by atoms with Crippen LogP contribution in [0.15, 0.2) is 53.6 Å². The van der Waals surface area contributed by atoms with Crippen LogP contribution in [-0.4, -0.2) is 29.8 Å². The van der Waals surface area contributed by atoms with Crippen molar-refractivity contribution in [1.29, 1.82) is 0 Å². The van der Waals surface area contributed by atoms with Gasteiger partial charge in [-0.1, -0.05) is 30.3 Å². The SMILES string of the molecule is CCOC(=O)CN1N=C(c2cc(F)ccc2F)CC1(C)c1ccccc1. The highest BCUT2D eigenvalue weighted by molar-refractivity contribution is 6.02. The lowest BCUT2D eigenvalue weighted by atomic mass is 9.85. The molecule has 1 unspecified atom stereocenters. The van der Waals surface area contributed by atoms with Gasteiger partial charge in [0.2, 0.25) is 0 Å². The average Bonchev–Trinajstić information content (AvgIpc) is 2.96. The Morgan fingerprint density at radius 2 is 1.96 bits per heavy atom. The number of carbonyl (C=O) groups is 1. The molecule has 3 rings (SSSR count). The van der Waals surface area contributed by atoms with Gasteiger partial charge in [0.05, 0.1) is 17.9 Å². The Hall–Kier alpha value is -2.76. The van der Waals surface area contributed by atoms with E-state index in [9.17, 15) is 13.6 Å². The lowest BCUT2D eigenvalue weighted by Crippen LogP contribution is -2.40. The molecule has 26 heavy (non-hydrogen) atoms. The summed E-state index contributed by atoms with van der Waals surface area (Å²) < 4.78 is 32.9. The number of nitrogens with zero attached hydrogens (tertiary/aromatic N) is 2. The predicted octanol–water partition coefficient (Wildman–Crippen LogP) is 3.85. The largest absolute Gasteiger partial charge is 0.465 e. The number of hydrazone groups is 1. The van der Waals surface area contributed by atoms with Crippen LogP contribution in [-0.2, 0) is 15.1 Å². The molecule has 0 radical (unpaired) electrons. The van der Waals surface area contributed by atoms with Crippen molar-refractivity contribution in [1.82, 2.24) is 5.01 Å². The van der Waals surface area contributed by atoms with E-state index in [1.54, 1.807) is 11.9 Å². The maximum atomic E-state index is 14.2. The predicted molar refractivity (Wildman–Crippen MR) is 94.6 cm³/mol. The van der Waals surface area contributed by atoms with E-state index < -0.39 is 23.1 Å². The van der Waals surface area contributed by atoms with E-state index >= 15 is 0 Å². The number of hydrogen-bond donors (Lipinski definition) is 0. The highest BCUT2D eigenvalue weighted by Gasteiger charge is 2.41. The fourth-order valence-electron chi connectivity index (χ4n) is 3.16. The monoisotopic (exact) mass is 358 g/mol. The van der Waals surface area contributed by atoms with Gasteiger partial charge in [0, 0.05) is 12.0 Å². The summed E-state index contributed by atoms with van der Waals surface area (Å²) in [7, 11) is 0. The Balaban J connectivity index is 2.00. The van der Waals surface area contributed by atoms with Crippen LogP contribution >= 0.6 is 0 Å². The third-order valence-electron chi connectivity index (χ3n) is 4.54. The third kappa shape index (κ3) is 3.45. The van der Waals surface area contributed by atoms with Gasteiger partial charge in [0.25, 0.3) is 0 Å². The first kappa shape index (κ1) is 18.0. The fourth-order valence-corrected chi connectivity index (χ4v) is 3.16. The minimum Gasteiger partial charge on any atom is -0.465 e. The van der Waals surface area contributed by atoms with Crippen LogP contribution in [0.5, 0.6) is 0 Å². The molecule has 0 amide bonds. The fraction of sp³-hybridized carbons (Fsp3) is 0.300. The normalized spacial score (nSPS) is 19.4. The maximum absolute atomic E-state index is 14.2. The summed E-state index contributed by atoms with van der Waals surface area (Å²) in [6.45, 7) is 3.86. The topological polar surface area (TPSA) is 41.9 Å². The number of esters is 1. The number of rotatable bonds is 5. The second kappa shape index (κ2) is 7.23. The molecule has 0 fully saturated rings. The summed E-state index contributed by atoms with van der Waals surface area (Å²) in [5, 5.41) is 6.05. The van der Waals surface area contributed by atoms with Gasteiger partial charge in [0.1, 0.15) is 18.2 Å². The van der Waals surface area contributed by atoms with Crippen LogP contribution in [0, 0.1) is 11.6 Å². The molecule has 136 valence electrons. The van der Waals surface area contributed by atoms with Crippen molar-refractivity contribution < 1.29 is 18.3 Å². The first-order valence-electron chi connectivity index (χ1n) is 8.45. The molecule has 0 bridgehead atoms. The van der Waals surface area contributed by atoms with E-state index in [1.807, 2.05) is 37.3 Å². The zero-order valence-electron chi connectivity index (χ0n) is 14.7. The lowest BCUT2D eigenvalue weighted by molar-refractivity contribution is -0.145. The second-order valence-electron chi connectivity index (χ2n) is 6.35. The van der Waals surface area contributed by atoms with Crippen LogP contribution in [0.1, 0.15) is 31.4 Å². The van der Waals surface area contributed by atoms with Crippen molar-refractivity contribution in [2.24, 2.45) is 5.10 Å². The van der Waals surface area contributed by atoms with E-state index in [0.717, 1.165) is 23.8 Å². The molecule has 0 spiro atoms. The molecular formula is C20H20F2N2O2. The molecule has 1 aliphatic heterocycles. The third-order valence-corrected chi connectivity index (χ3v) is 4.54. The van der Waals surface area contributed by atoms with Gasteiger partial charge in [-0.25, -0.2) is 8.78 Å². The molecule has 2 aromatic rings. The number of halogens is 2. The molecule has 0 aliphatic carbocycles. The van der Waals surface area contributed by atoms with Crippen LogP contribution in [0.4, 0.5) is 8.78 Å². The van der Waals surface area contributed by atoms with Crippen molar-refractivity contribution in [3.05, 3.63) is 71.3 Å². The Morgan fingerprint density at radius 3 is 2.65 bits per heavy atom. The average molecular weight is 358 g/mol. The van der Waals surface area contributed by atoms with Gasteiger partial charge in [0.15, 0.2) is 0 Å². The summed E-state index contributed by atoms with van der Waals surface area (Å²) in [4.78, 5) is 12.0. The van der Waals surface area contributed by atoms with E-state index in [2.05, 4.69) is 5.10 Å². The summed E-state index contributed by atoms with van der Waals surface area (Å²) in [5.74, 6) is -1.49. The van der Waals surface area contributed by atoms with Gasteiger partial charge in [-0.3, -0.25) is 9.80 Å². The molecule has 1 aliphatic rings. The Kier molecular flexibility index (Phi) is 5.02. The number of hydrogen-bond acceptors (Lipinski definition) is 4. The van der Waals surface area contributed by atoms with Gasteiger partial charge in [-0.2, -0.15) is 5.10 Å². The minimum atomic E-state index is -0.665. The summed E-state index contributed by atoms with van der Waals surface area (Å²) in [6.07, 6.45) is 0.344. The van der Waals surface area contributed by atoms with E-state index in [4.69, 9.17) is 4.74 Å². The molecule has 6 heteroatoms. The van der Waals surface area contributed by atoms with Gasteiger partial charge >= 0.3 is 5.97 Å². The van der Waals surface area contributed by atoms with Gasteiger partial charge < -0.3 is 4.74 Å². The second-order valence-corrected chi connectivity index (χ2v) is 6.35. The molecule has 0 saturated heterocycles. The maximum Gasteiger partial charge on any atom is 0.327 e. The zero-order chi connectivity index (χ0) is 18.7. The number of carbonyl (C=O) groups excluding carboxylic acids is 1. The van der Waals surface area contributed by atoms with Crippen molar-refractivity contribution in [3.8, 4) is 0 Å². The van der Waals surface area contributed by atoms with E-state index in [1.165, 1.54) is 0 Å². The van der Waals surface area contributed by atoms with Crippen LogP contribution in [0.25, 0.3) is 0 Å². The van der Waals surface area contributed by atoms with Crippen LogP contribution in [0.2, 0.25) is 0 Å². The first-order chi connectivity index (χ1) is 12.4. The summed E-state index contributed by atoms with van der Waals surface area (Å²) in [6, 6.07) is 12.8. The lowest BCUT2D eigenvalue weighted by Gasteiger charge is -2.34. The Morgan fingerprint density at radius 1 is 1.23 bits per heavy atom. The quantitative estimate of drug-likeness (QED) is 0.763. The van der Waals surface area contributed by atoms with E-state index in [-0.39, 0.29) is 18.7 Å². The molecule has 4 nitrogen and oxygen atoms in total. The Labute approximate surface area is 151 Å². The number of benzene rings is 2. The summed E-state index contributed by atoms with van der Waals surface area (Å²) >= 11 is 0. The van der Waals surface area contributed by atoms with Crippen molar-refractivity contribution in [2.45, 2.75) is 25.8 Å². The molecule has 1 heterocycles. The van der Waals surface area contributed by atoms with Crippen molar-refractivity contribution >= 4 is 11.7 Å². The molecule has 0 N–H and O–H groups in total. The molecule has 0 saturated carbocycles. The molecule has 1 atom stereocenters. The standard InChI is InChI=1S/C20H20F2N2O2/c1-3-26-19(25)13-24-20(2,14-7-5-4-6-8-14)12-18(23-24)16-11-15(21)9-10-17(16)22/h4-11H,3,12-13H2,1-2H3. The summed E-state index contributed by atoms with van der Waals surface area (Å²) in [5.41, 5.74) is 0.776. The number of ether oxygens (including phenoxy) is 1. The first-order valence-corrected chi connectivity index (χ1v) is 8.45. The molecular weight excluding hydrogens is 338 g/mol. The molecule has 0 aromatic heterocycles. The van der Waals surface area contributed by atoms with Crippen LogP contribution in [0.3, 0.4) is 0 Å². The van der Waals surface area contributed by atoms with E-state index in [0.29, 0.717) is 12.1 Å². The Bertz CT molecular complexity index is 839. The van der Waals surface area contributed by atoms with Gasteiger partial charge in [-0.05, 0) is 37.6 Å². The molecule has 2 aromatic carbocycles. The van der Waals surface area contributed by atoms with Gasteiger partial charge in [-0.15, -0.1) is 0 Å². The van der Waals surface area contributed by atoms with Crippen LogP contribution < -0.4 is 0 Å².